The van der Waals surface area contributed by atoms with Crippen LogP contribution in [0.5, 0.6) is 0 Å². The number of hydrogen-bond acceptors (Lipinski definition) is 3. The van der Waals surface area contributed by atoms with Crippen molar-refractivity contribution in [1.82, 2.24) is 10.2 Å². The quantitative estimate of drug-likeness (QED) is 0.832. The molecule has 0 spiro atoms. The van der Waals surface area contributed by atoms with Gasteiger partial charge in [0.15, 0.2) is 0 Å². The number of likely N-dealkylation sites (tertiary alicyclic amines) is 1. The summed E-state index contributed by atoms with van der Waals surface area (Å²) >= 11 is 0. The van der Waals surface area contributed by atoms with Crippen molar-refractivity contribution in [3.63, 3.8) is 0 Å². The summed E-state index contributed by atoms with van der Waals surface area (Å²) in [6.45, 7) is 8.25. The van der Waals surface area contributed by atoms with Crippen molar-refractivity contribution in [2.45, 2.75) is 51.6 Å². The van der Waals surface area contributed by atoms with Gasteiger partial charge in [0, 0.05) is 25.7 Å². The number of hydrogen-bond donors (Lipinski definition) is 1. The summed E-state index contributed by atoms with van der Waals surface area (Å²) in [6, 6.07) is 1.35. The Bertz CT molecular complexity index is 267. The maximum atomic E-state index is 5.31. The van der Waals surface area contributed by atoms with E-state index >= 15 is 0 Å². The van der Waals surface area contributed by atoms with Crippen LogP contribution in [0.25, 0.3) is 0 Å². The number of ether oxygens (including phenoxy) is 1. The highest BCUT2D eigenvalue weighted by Gasteiger charge is 2.42. The normalized spacial score (nSPS) is 37.0. The largest absolute Gasteiger partial charge is 0.384 e. The van der Waals surface area contributed by atoms with Gasteiger partial charge in [-0.05, 0) is 44.2 Å². The molecule has 1 N–H and O–H groups in total. The first kappa shape index (κ1) is 14.3. The molecule has 0 bridgehead atoms. The zero-order valence-corrected chi connectivity index (χ0v) is 12.5. The fourth-order valence-electron chi connectivity index (χ4n) is 4.12. The fraction of sp³-hybridized carbons (Fsp3) is 1.00. The second-order valence-corrected chi connectivity index (χ2v) is 6.82. The van der Waals surface area contributed by atoms with Gasteiger partial charge in [-0.15, -0.1) is 0 Å². The van der Waals surface area contributed by atoms with Crippen molar-refractivity contribution < 1.29 is 4.74 Å². The van der Waals surface area contributed by atoms with Gasteiger partial charge in [0.05, 0.1) is 6.61 Å². The zero-order chi connectivity index (χ0) is 13.2. The Balaban J connectivity index is 1.99. The van der Waals surface area contributed by atoms with Crippen LogP contribution in [0.3, 0.4) is 0 Å². The van der Waals surface area contributed by atoms with Gasteiger partial charge in [-0.3, -0.25) is 4.90 Å². The Labute approximate surface area is 112 Å². The van der Waals surface area contributed by atoms with Crippen molar-refractivity contribution in [2.24, 2.45) is 11.3 Å². The smallest absolute Gasteiger partial charge is 0.0503 e. The second kappa shape index (κ2) is 5.89. The average Bonchev–Trinajstić information content (AvgIpc) is 2.76. The van der Waals surface area contributed by atoms with Crippen LogP contribution in [0, 0.1) is 11.3 Å². The minimum absolute atomic E-state index is 0.428. The van der Waals surface area contributed by atoms with Gasteiger partial charge in [0.25, 0.3) is 0 Å². The molecule has 18 heavy (non-hydrogen) atoms. The molecular weight excluding hydrogens is 224 g/mol. The van der Waals surface area contributed by atoms with Gasteiger partial charge in [-0.1, -0.05) is 20.3 Å². The molecule has 3 unspecified atom stereocenters. The Morgan fingerprint density at radius 2 is 2.11 bits per heavy atom. The van der Waals surface area contributed by atoms with Gasteiger partial charge in [-0.2, -0.15) is 0 Å². The molecule has 1 heterocycles. The predicted octanol–water partition coefficient (Wildman–Crippen LogP) is 2.12. The van der Waals surface area contributed by atoms with Crippen molar-refractivity contribution in [3.8, 4) is 0 Å². The maximum Gasteiger partial charge on any atom is 0.0503 e. The Morgan fingerprint density at radius 3 is 2.78 bits per heavy atom. The summed E-state index contributed by atoms with van der Waals surface area (Å²) in [7, 11) is 3.95. The van der Waals surface area contributed by atoms with E-state index in [1.807, 2.05) is 7.11 Å². The molecular formula is C15H30N2O. The average molecular weight is 254 g/mol. The molecule has 2 rings (SSSR count). The van der Waals surface area contributed by atoms with E-state index in [2.05, 4.69) is 31.1 Å². The Morgan fingerprint density at radius 1 is 1.33 bits per heavy atom. The van der Waals surface area contributed by atoms with Crippen molar-refractivity contribution >= 4 is 0 Å². The number of rotatable bonds is 4. The summed E-state index contributed by atoms with van der Waals surface area (Å²) in [4.78, 5) is 2.71. The maximum absolute atomic E-state index is 5.31. The third-order valence-corrected chi connectivity index (χ3v) is 5.05. The molecule has 2 aliphatic rings. The lowest BCUT2D eigenvalue weighted by molar-refractivity contribution is 0.0602. The highest BCUT2D eigenvalue weighted by Crippen LogP contribution is 2.39. The van der Waals surface area contributed by atoms with Gasteiger partial charge in [-0.25, -0.2) is 0 Å². The second-order valence-electron chi connectivity index (χ2n) is 6.82. The number of methoxy groups -OCH3 is 1. The van der Waals surface area contributed by atoms with E-state index in [0.29, 0.717) is 11.5 Å². The van der Waals surface area contributed by atoms with Crippen LogP contribution in [0.1, 0.15) is 39.5 Å². The third kappa shape index (κ3) is 2.89. The van der Waals surface area contributed by atoms with Gasteiger partial charge >= 0.3 is 0 Å². The van der Waals surface area contributed by atoms with Crippen LogP contribution >= 0.6 is 0 Å². The lowest BCUT2D eigenvalue weighted by atomic mass is 9.70. The molecule has 1 aliphatic heterocycles. The van der Waals surface area contributed by atoms with Gasteiger partial charge in [0.1, 0.15) is 0 Å². The first-order chi connectivity index (χ1) is 8.58. The first-order valence-corrected chi connectivity index (χ1v) is 7.48. The summed E-state index contributed by atoms with van der Waals surface area (Å²) in [5, 5.41) is 3.60. The SMILES string of the molecule is CNC1C(N2CCC(COC)C2)CCCC1(C)C. The molecule has 0 aromatic heterocycles. The third-order valence-electron chi connectivity index (χ3n) is 5.05. The lowest BCUT2D eigenvalue weighted by Gasteiger charge is -2.47. The molecule has 1 saturated carbocycles. The summed E-state index contributed by atoms with van der Waals surface area (Å²) in [6.07, 6.45) is 5.39. The van der Waals surface area contributed by atoms with Crippen molar-refractivity contribution in [1.29, 1.82) is 0 Å². The minimum Gasteiger partial charge on any atom is -0.384 e. The van der Waals surface area contributed by atoms with Crippen LogP contribution in [0.2, 0.25) is 0 Å². The molecule has 3 atom stereocenters. The molecule has 1 aliphatic carbocycles. The van der Waals surface area contributed by atoms with E-state index in [4.69, 9.17) is 4.74 Å². The van der Waals surface area contributed by atoms with E-state index in [1.54, 1.807) is 0 Å². The highest BCUT2D eigenvalue weighted by molar-refractivity contribution is 4.99. The van der Waals surface area contributed by atoms with E-state index < -0.39 is 0 Å². The molecule has 3 heteroatoms. The predicted molar refractivity (Wildman–Crippen MR) is 75.8 cm³/mol. The number of nitrogens with zero attached hydrogens (tertiary/aromatic N) is 1. The topological polar surface area (TPSA) is 24.5 Å². The molecule has 0 amide bonds. The van der Waals surface area contributed by atoms with Crippen LogP contribution in [0.15, 0.2) is 0 Å². The van der Waals surface area contributed by atoms with E-state index in [1.165, 1.54) is 38.8 Å². The van der Waals surface area contributed by atoms with Crippen LogP contribution < -0.4 is 5.32 Å². The van der Waals surface area contributed by atoms with Gasteiger partial charge in [0.2, 0.25) is 0 Å². The standard InChI is InChI=1S/C15H30N2O/c1-15(2)8-5-6-13(14(15)16-3)17-9-7-12(10-17)11-18-4/h12-14,16H,5-11H2,1-4H3. The van der Waals surface area contributed by atoms with Crippen LogP contribution in [-0.4, -0.2) is 50.8 Å². The zero-order valence-electron chi connectivity index (χ0n) is 12.5. The monoisotopic (exact) mass is 254 g/mol. The molecule has 3 nitrogen and oxygen atoms in total. The number of likely N-dealkylation sites (N-methyl/N-ethyl adjacent to an activating group) is 1. The summed E-state index contributed by atoms with van der Waals surface area (Å²) in [5.74, 6) is 0.748. The Kier molecular flexibility index (Phi) is 4.68. The van der Waals surface area contributed by atoms with E-state index in [9.17, 15) is 0 Å². The Hall–Kier alpha value is -0.120. The minimum atomic E-state index is 0.428. The fourth-order valence-corrected chi connectivity index (χ4v) is 4.12. The molecule has 0 radical (unpaired) electrons. The van der Waals surface area contributed by atoms with Crippen molar-refractivity contribution in [2.75, 3.05) is 33.9 Å². The molecule has 0 aromatic carbocycles. The molecule has 0 aromatic rings. The summed E-state index contributed by atoms with van der Waals surface area (Å²) in [5.41, 5.74) is 0.428. The summed E-state index contributed by atoms with van der Waals surface area (Å²) < 4.78 is 5.31. The highest BCUT2D eigenvalue weighted by atomic mass is 16.5. The lowest BCUT2D eigenvalue weighted by Crippen LogP contribution is -2.57. The van der Waals surface area contributed by atoms with Gasteiger partial charge < -0.3 is 10.1 Å². The molecule has 106 valence electrons. The van der Waals surface area contributed by atoms with E-state index in [0.717, 1.165) is 18.6 Å². The van der Waals surface area contributed by atoms with Crippen LogP contribution in [-0.2, 0) is 4.74 Å². The molecule has 1 saturated heterocycles. The number of nitrogens with one attached hydrogen (secondary N) is 1. The van der Waals surface area contributed by atoms with E-state index in [-0.39, 0.29) is 0 Å². The van der Waals surface area contributed by atoms with Crippen molar-refractivity contribution in [3.05, 3.63) is 0 Å². The first-order valence-electron chi connectivity index (χ1n) is 7.48. The molecule has 2 fully saturated rings. The van der Waals surface area contributed by atoms with Crippen LogP contribution in [0.4, 0.5) is 0 Å².